The summed E-state index contributed by atoms with van der Waals surface area (Å²) in [6, 6.07) is 7.89. The molecule has 2 N–H and O–H groups in total. The van der Waals surface area contributed by atoms with Crippen LogP contribution in [0.25, 0.3) is 0 Å². The van der Waals surface area contributed by atoms with E-state index in [2.05, 4.69) is 15.6 Å². The number of hydrogen-bond donors (Lipinski definition) is 2. The number of carbonyl (C=O) groups is 2. The molecule has 1 aromatic carbocycles. The third-order valence-electron chi connectivity index (χ3n) is 5.64. The number of rotatable bonds is 5. The van der Waals surface area contributed by atoms with Gasteiger partial charge in [-0.25, -0.2) is 4.98 Å². The predicted octanol–water partition coefficient (Wildman–Crippen LogP) is 4.50. The molecular weight excluding hydrogens is 445 g/mol. The molecule has 0 bridgehead atoms. The smallest absolute Gasteiger partial charge is 0.355 e. The molecule has 1 saturated carbocycles. The normalized spacial score (nSPS) is 17.2. The topological polar surface area (TPSA) is 74.3 Å². The Hall–Kier alpha value is -2.81. The van der Waals surface area contributed by atoms with E-state index in [9.17, 15) is 22.8 Å². The minimum Gasteiger partial charge on any atom is -0.355 e. The summed E-state index contributed by atoms with van der Waals surface area (Å²) in [4.78, 5) is 30.4. The lowest BCUT2D eigenvalue weighted by atomic mass is 9.95. The Labute approximate surface area is 188 Å². The molecule has 32 heavy (non-hydrogen) atoms. The van der Waals surface area contributed by atoms with E-state index in [1.54, 1.807) is 29.2 Å². The highest BCUT2D eigenvalue weighted by atomic mass is 35.5. The van der Waals surface area contributed by atoms with Gasteiger partial charge < -0.3 is 15.5 Å². The summed E-state index contributed by atoms with van der Waals surface area (Å²) in [7, 11) is 0. The van der Waals surface area contributed by atoms with Crippen LogP contribution in [0.15, 0.2) is 36.5 Å². The number of aromatic nitrogens is 1. The van der Waals surface area contributed by atoms with Crippen LogP contribution in [0.2, 0.25) is 5.02 Å². The van der Waals surface area contributed by atoms with Crippen molar-refractivity contribution < 1.29 is 22.8 Å². The summed E-state index contributed by atoms with van der Waals surface area (Å²) in [6.07, 6.45) is -0.660. The lowest BCUT2D eigenvalue weighted by molar-refractivity contribution is -0.137. The van der Waals surface area contributed by atoms with E-state index in [-0.39, 0.29) is 28.8 Å². The molecule has 2 heterocycles. The van der Waals surface area contributed by atoms with Crippen molar-refractivity contribution in [2.24, 2.45) is 5.92 Å². The minimum absolute atomic E-state index is 0.0615. The lowest BCUT2D eigenvalue weighted by Crippen LogP contribution is -2.38. The molecule has 1 aliphatic carbocycles. The van der Waals surface area contributed by atoms with Crippen LogP contribution in [0.5, 0.6) is 0 Å². The van der Waals surface area contributed by atoms with E-state index in [1.165, 1.54) is 0 Å². The average molecular weight is 467 g/mol. The van der Waals surface area contributed by atoms with Crippen molar-refractivity contribution in [2.75, 3.05) is 23.3 Å². The number of amides is 2. The number of nitrogens with one attached hydrogen (secondary N) is 2. The second-order valence-corrected chi connectivity index (χ2v) is 8.51. The van der Waals surface area contributed by atoms with Crippen molar-refractivity contribution >= 4 is 34.9 Å². The van der Waals surface area contributed by atoms with Crippen LogP contribution in [0, 0.1) is 5.92 Å². The fourth-order valence-electron chi connectivity index (χ4n) is 3.62. The van der Waals surface area contributed by atoms with Gasteiger partial charge in [-0.2, -0.15) is 13.2 Å². The van der Waals surface area contributed by atoms with Crippen LogP contribution in [0.1, 0.15) is 41.6 Å². The summed E-state index contributed by atoms with van der Waals surface area (Å²) in [5, 5.41) is 5.72. The number of carbonyl (C=O) groups excluding carboxylic acids is 2. The van der Waals surface area contributed by atoms with Crippen LogP contribution < -0.4 is 15.5 Å². The maximum absolute atomic E-state index is 12.8. The molecule has 2 amide bonds. The van der Waals surface area contributed by atoms with Crippen LogP contribution in [0.3, 0.4) is 0 Å². The highest BCUT2D eigenvalue weighted by Gasteiger charge is 2.33. The zero-order valence-corrected chi connectivity index (χ0v) is 17.8. The van der Waals surface area contributed by atoms with Gasteiger partial charge in [-0.1, -0.05) is 11.6 Å². The van der Waals surface area contributed by atoms with Gasteiger partial charge in [0.2, 0.25) is 5.91 Å². The van der Waals surface area contributed by atoms with Gasteiger partial charge in [-0.3, -0.25) is 9.59 Å². The third-order valence-corrected chi connectivity index (χ3v) is 5.92. The quantitative estimate of drug-likeness (QED) is 0.680. The van der Waals surface area contributed by atoms with Crippen molar-refractivity contribution in [3.8, 4) is 0 Å². The van der Waals surface area contributed by atoms with E-state index in [4.69, 9.17) is 11.6 Å². The molecule has 0 unspecified atom stereocenters. The largest absolute Gasteiger partial charge is 0.417 e. The Morgan fingerprint density at radius 3 is 2.28 bits per heavy atom. The third kappa shape index (κ3) is 5.32. The monoisotopic (exact) mass is 466 g/mol. The zero-order valence-electron chi connectivity index (χ0n) is 17.1. The molecule has 0 atom stereocenters. The van der Waals surface area contributed by atoms with Gasteiger partial charge in [-0.15, -0.1) is 0 Å². The molecule has 1 aliphatic heterocycles. The summed E-state index contributed by atoms with van der Waals surface area (Å²) in [6.45, 7) is 0.910. The molecular formula is C22H22ClF3N4O2. The number of pyridine rings is 1. The summed E-state index contributed by atoms with van der Waals surface area (Å²) < 4.78 is 38.4. The predicted molar refractivity (Wildman–Crippen MR) is 115 cm³/mol. The Kier molecular flexibility index (Phi) is 6.28. The molecule has 1 aromatic heterocycles. The van der Waals surface area contributed by atoms with Crippen LogP contribution >= 0.6 is 11.6 Å². The van der Waals surface area contributed by atoms with E-state index in [0.29, 0.717) is 43.0 Å². The van der Waals surface area contributed by atoms with E-state index >= 15 is 0 Å². The van der Waals surface area contributed by atoms with Gasteiger partial charge in [0, 0.05) is 42.5 Å². The summed E-state index contributed by atoms with van der Waals surface area (Å²) >= 11 is 6.03. The molecule has 4 rings (SSSR count). The summed E-state index contributed by atoms with van der Waals surface area (Å²) in [5.74, 6) is -0.199. The van der Waals surface area contributed by atoms with Gasteiger partial charge >= 0.3 is 6.18 Å². The molecule has 2 fully saturated rings. The number of nitrogens with zero attached hydrogens (tertiary/aromatic N) is 2. The minimum atomic E-state index is -4.50. The lowest BCUT2D eigenvalue weighted by Gasteiger charge is -2.32. The molecule has 0 spiro atoms. The fraction of sp³-hybridized carbons (Fsp3) is 0.409. The number of piperidine rings is 1. The first kappa shape index (κ1) is 22.4. The van der Waals surface area contributed by atoms with Crippen molar-refractivity contribution in [2.45, 2.75) is 37.9 Å². The van der Waals surface area contributed by atoms with E-state index in [1.807, 2.05) is 0 Å². The van der Waals surface area contributed by atoms with Crippen LogP contribution in [-0.4, -0.2) is 35.9 Å². The first-order valence-corrected chi connectivity index (χ1v) is 10.8. The van der Waals surface area contributed by atoms with Gasteiger partial charge in [0.25, 0.3) is 5.91 Å². The Bertz CT molecular complexity index is 1000. The Morgan fingerprint density at radius 1 is 1.06 bits per heavy atom. The molecule has 0 radical (unpaired) electrons. The number of halogens is 4. The van der Waals surface area contributed by atoms with Crippen molar-refractivity contribution in [1.82, 2.24) is 10.3 Å². The SMILES string of the molecule is O=C(NC1CC1)c1ccc(NC(=O)C2CCN(c3ncc(C(F)(F)F)cc3Cl)CC2)cc1. The van der Waals surface area contributed by atoms with Gasteiger partial charge in [0.1, 0.15) is 5.82 Å². The molecule has 10 heteroatoms. The van der Waals surface area contributed by atoms with E-state index < -0.39 is 11.7 Å². The molecule has 6 nitrogen and oxygen atoms in total. The Morgan fingerprint density at radius 2 is 1.72 bits per heavy atom. The zero-order chi connectivity index (χ0) is 22.9. The molecule has 170 valence electrons. The van der Waals surface area contributed by atoms with Crippen molar-refractivity contribution in [1.29, 1.82) is 0 Å². The van der Waals surface area contributed by atoms with Crippen LogP contribution in [0.4, 0.5) is 24.7 Å². The maximum Gasteiger partial charge on any atom is 0.417 e. The van der Waals surface area contributed by atoms with Gasteiger partial charge in [0.15, 0.2) is 0 Å². The standard InChI is InChI=1S/C22H22ClF3N4O2/c23-18-11-15(22(24,25)26)12-27-19(18)30-9-7-14(8-10-30)21(32)28-16-3-1-13(2-4-16)20(31)29-17-5-6-17/h1-4,11-12,14,17H,5-10H2,(H,28,32)(H,29,31). The summed E-state index contributed by atoms with van der Waals surface area (Å²) in [5.41, 5.74) is 0.258. The highest BCUT2D eigenvalue weighted by molar-refractivity contribution is 6.33. The first-order chi connectivity index (χ1) is 15.2. The Balaban J connectivity index is 1.30. The molecule has 2 aromatic rings. The van der Waals surface area contributed by atoms with Crippen molar-refractivity contribution in [3.05, 3.63) is 52.7 Å². The first-order valence-electron chi connectivity index (χ1n) is 10.4. The number of benzene rings is 1. The fourth-order valence-corrected chi connectivity index (χ4v) is 3.90. The highest BCUT2D eigenvalue weighted by Crippen LogP contribution is 2.34. The maximum atomic E-state index is 12.8. The average Bonchev–Trinajstić information content (AvgIpc) is 3.57. The number of anilines is 2. The molecule has 1 saturated heterocycles. The molecule has 2 aliphatic rings. The second-order valence-electron chi connectivity index (χ2n) is 8.10. The van der Waals surface area contributed by atoms with Crippen molar-refractivity contribution in [3.63, 3.8) is 0 Å². The van der Waals surface area contributed by atoms with Crippen LogP contribution in [-0.2, 0) is 11.0 Å². The number of hydrogen-bond acceptors (Lipinski definition) is 4. The second kappa shape index (κ2) is 8.97. The van der Waals surface area contributed by atoms with Gasteiger partial charge in [0.05, 0.1) is 10.6 Å². The van der Waals surface area contributed by atoms with Gasteiger partial charge in [-0.05, 0) is 56.0 Å². The number of alkyl halides is 3. The van der Waals surface area contributed by atoms with E-state index in [0.717, 1.165) is 25.1 Å².